The highest BCUT2D eigenvalue weighted by molar-refractivity contribution is 7.80. The van der Waals surface area contributed by atoms with Gasteiger partial charge < -0.3 is 32.5 Å². The Morgan fingerprint density at radius 2 is 1.48 bits per heavy atom. The normalized spacial score (nSPS) is 15.0. The first-order valence-electron chi connectivity index (χ1n) is 9.17. The zero-order valence-electron chi connectivity index (χ0n) is 16.8. The first-order chi connectivity index (χ1) is 13.4. The molecule has 0 saturated heterocycles. The van der Waals surface area contributed by atoms with Crippen LogP contribution in [0.25, 0.3) is 0 Å². The molecule has 11 nitrogen and oxygen atoms in total. The van der Waals surface area contributed by atoms with Gasteiger partial charge in [0.05, 0.1) is 6.04 Å². The van der Waals surface area contributed by atoms with E-state index >= 15 is 0 Å². The second-order valence-electron chi connectivity index (χ2n) is 7.11. The van der Waals surface area contributed by atoms with Crippen LogP contribution < -0.4 is 27.4 Å². The highest BCUT2D eigenvalue weighted by Gasteiger charge is 2.29. The van der Waals surface area contributed by atoms with E-state index in [1.807, 2.05) is 0 Å². The lowest BCUT2D eigenvalue weighted by Crippen LogP contribution is -2.56. The molecule has 0 spiro atoms. The lowest BCUT2D eigenvalue weighted by molar-refractivity contribution is -0.143. The van der Waals surface area contributed by atoms with Crippen LogP contribution in [0.3, 0.4) is 0 Å². The van der Waals surface area contributed by atoms with Crippen molar-refractivity contribution in [2.75, 3.05) is 5.75 Å². The fraction of sp³-hybridized carbons (Fsp3) is 0.706. The van der Waals surface area contributed by atoms with Gasteiger partial charge in [0.2, 0.25) is 23.6 Å². The number of hydrogen-bond donors (Lipinski definition) is 7. The molecule has 8 N–H and O–H groups in total. The van der Waals surface area contributed by atoms with Gasteiger partial charge in [0.15, 0.2) is 0 Å². The van der Waals surface area contributed by atoms with E-state index in [-0.39, 0.29) is 30.9 Å². The zero-order chi connectivity index (χ0) is 22.7. The van der Waals surface area contributed by atoms with Crippen molar-refractivity contribution >= 4 is 42.2 Å². The van der Waals surface area contributed by atoms with Gasteiger partial charge in [-0.05, 0) is 25.7 Å². The van der Waals surface area contributed by atoms with Gasteiger partial charge in [0, 0.05) is 12.2 Å². The molecule has 4 atom stereocenters. The number of hydrogen-bond acceptors (Lipinski definition) is 7. The van der Waals surface area contributed by atoms with Crippen molar-refractivity contribution in [3.8, 4) is 0 Å². The Bertz CT molecular complexity index is 615. The Kier molecular flexibility index (Phi) is 11.9. The van der Waals surface area contributed by atoms with Gasteiger partial charge in [0.1, 0.15) is 18.1 Å². The standard InChI is InChI=1S/C17H31N5O6S/c1-8(2)6-12(17(27)28)22-16(26)11(4-5-13(19)23)21-14(24)9(3)20-15(25)10(18)7-29/h8-12,29H,4-7,18H2,1-3H3,(H2,19,23)(H,20,25)(H,21,24)(H,22,26)(H,27,28). The second-order valence-corrected chi connectivity index (χ2v) is 7.48. The average molecular weight is 434 g/mol. The van der Waals surface area contributed by atoms with E-state index in [2.05, 4.69) is 28.6 Å². The van der Waals surface area contributed by atoms with Crippen LogP contribution in [0.1, 0.15) is 40.0 Å². The minimum atomic E-state index is -1.21. The number of carbonyl (C=O) groups is 5. The van der Waals surface area contributed by atoms with E-state index < -0.39 is 53.8 Å². The number of amides is 4. The molecule has 0 aromatic rings. The summed E-state index contributed by atoms with van der Waals surface area (Å²) in [6.07, 6.45) is -0.144. The van der Waals surface area contributed by atoms with Crippen LogP contribution in [-0.4, -0.2) is 64.6 Å². The maximum Gasteiger partial charge on any atom is 0.326 e. The molecule has 4 unspecified atom stereocenters. The number of carboxylic acid groups (broad SMARTS) is 1. The van der Waals surface area contributed by atoms with Gasteiger partial charge in [0.25, 0.3) is 0 Å². The Morgan fingerprint density at radius 3 is 1.93 bits per heavy atom. The summed E-state index contributed by atoms with van der Waals surface area (Å²) in [5.74, 6) is -3.88. The van der Waals surface area contributed by atoms with Crippen molar-refractivity contribution in [1.29, 1.82) is 0 Å². The van der Waals surface area contributed by atoms with Crippen molar-refractivity contribution in [1.82, 2.24) is 16.0 Å². The van der Waals surface area contributed by atoms with Gasteiger partial charge in [-0.15, -0.1) is 0 Å². The lowest BCUT2D eigenvalue weighted by atomic mass is 10.0. The molecule has 0 radical (unpaired) electrons. The van der Waals surface area contributed by atoms with Crippen molar-refractivity contribution in [2.24, 2.45) is 17.4 Å². The van der Waals surface area contributed by atoms with Gasteiger partial charge in [-0.1, -0.05) is 13.8 Å². The molecule has 0 aliphatic carbocycles. The number of nitrogens with two attached hydrogens (primary N) is 2. The zero-order valence-corrected chi connectivity index (χ0v) is 17.7. The average Bonchev–Trinajstić information content (AvgIpc) is 2.62. The Morgan fingerprint density at radius 1 is 0.931 bits per heavy atom. The van der Waals surface area contributed by atoms with Crippen molar-refractivity contribution < 1.29 is 29.1 Å². The summed E-state index contributed by atoms with van der Waals surface area (Å²) in [7, 11) is 0. The van der Waals surface area contributed by atoms with E-state index in [4.69, 9.17) is 11.5 Å². The van der Waals surface area contributed by atoms with E-state index in [0.29, 0.717) is 0 Å². The largest absolute Gasteiger partial charge is 0.480 e. The monoisotopic (exact) mass is 433 g/mol. The Balaban J connectivity index is 5.17. The van der Waals surface area contributed by atoms with E-state index in [1.165, 1.54) is 6.92 Å². The summed E-state index contributed by atoms with van der Waals surface area (Å²) in [6, 6.07) is -4.29. The fourth-order valence-corrected chi connectivity index (χ4v) is 2.45. The SMILES string of the molecule is CC(C)CC(NC(=O)C(CCC(N)=O)NC(=O)C(C)NC(=O)C(N)CS)C(=O)O. The lowest BCUT2D eigenvalue weighted by Gasteiger charge is -2.24. The second kappa shape index (κ2) is 13.0. The van der Waals surface area contributed by atoms with Gasteiger partial charge in [-0.2, -0.15) is 12.6 Å². The molecule has 0 aromatic heterocycles. The number of carbonyl (C=O) groups excluding carboxylic acids is 4. The van der Waals surface area contributed by atoms with E-state index in [0.717, 1.165) is 0 Å². The van der Waals surface area contributed by atoms with Crippen LogP contribution in [-0.2, 0) is 24.0 Å². The number of carboxylic acids is 1. The molecule has 166 valence electrons. The number of rotatable bonds is 13. The van der Waals surface area contributed by atoms with Crippen molar-refractivity contribution in [3.05, 3.63) is 0 Å². The predicted molar refractivity (Wildman–Crippen MR) is 109 cm³/mol. The summed E-state index contributed by atoms with van der Waals surface area (Å²) in [6.45, 7) is 4.99. The summed E-state index contributed by atoms with van der Waals surface area (Å²) >= 11 is 3.90. The molecule has 0 aromatic carbocycles. The number of aliphatic carboxylic acids is 1. The third-order valence-corrected chi connectivity index (χ3v) is 4.31. The molecule has 0 rings (SSSR count). The smallest absolute Gasteiger partial charge is 0.326 e. The fourth-order valence-electron chi connectivity index (χ4n) is 2.29. The van der Waals surface area contributed by atoms with Gasteiger partial charge >= 0.3 is 5.97 Å². The third kappa shape index (κ3) is 10.7. The maximum atomic E-state index is 12.5. The summed E-state index contributed by atoms with van der Waals surface area (Å²) in [5, 5.41) is 16.4. The maximum absolute atomic E-state index is 12.5. The van der Waals surface area contributed by atoms with Gasteiger partial charge in [-0.3, -0.25) is 19.2 Å². The number of nitrogens with one attached hydrogen (secondary N) is 3. The molecule has 12 heteroatoms. The van der Waals surface area contributed by atoms with Crippen molar-refractivity contribution in [3.63, 3.8) is 0 Å². The highest BCUT2D eigenvalue weighted by Crippen LogP contribution is 2.07. The number of primary amides is 1. The summed E-state index contributed by atoms with van der Waals surface area (Å²) < 4.78 is 0. The third-order valence-electron chi connectivity index (χ3n) is 3.92. The van der Waals surface area contributed by atoms with Crippen LogP contribution in [0.15, 0.2) is 0 Å². The quantitative estimate of drug-likeness (QED) is 0.165. The molecule has 0 fully saturated rings. The molecular formula is C17H31N5O6S. The van der Waals surface area contributed by atoms with E-state index in [1.54, 1.807) is 13.8 Å². The first-order valence-corrected chi connectivity index (χ1v) is 9.80. The van der Waals surface area contributed by atoms with Crippen molar-refractivity contribution in [2.45, 2.75) is 64.2 Å². The Hall–Kier alpha value is -2.34. The van der Waals surface area contributed by atoms with Crippen LogP contribution in [0, 0.1) is 5.92 Å². The van der Waals surface area contributed by atoms with Crippen LogP contribution in [0.4, 0.5) is 0 Å². The first kappa shape index (κ1) is 26.7. The molecule has 0 aliphatic heterocycles. The number of thiol groups is 1. The molecule has 0 heterocycles. The molecule has 0 bridgehead atoms. The van der Waals surface area contributed by atoms with Crippen LogP contribution >= 0.6 is 12.6 Å². The topological polar surface area (TPSA) is 194 Å². The highest BCUT2D eigenvalue weighted by atomic mass is 32.1. The molecule has 0 saturated carbocycles. The molecular weight excluding hydrogens is 402 g/mol. The molecule has 29 heavy (non-hydrogen) atoms. The van der Waals surface area contributed by atoms with Crippen LogP contribution in [0.5, 0.6) is 0 Å². The van der Waals surface area contributed by atoms with Crippen LogP contribution in [0.2, 0.25) is 0 Å². The molecule has 4 amide bonds. The predicted octanol–water partition coefficient (Wildman–Crippen LogP) is -1.89. The van der Waals surface area contributed by atoms with Gasteiger partial charge in [-0.25, -0.2) is 4.79 Å². The van der Waals surface area contributed by atoms with E-state index in [9.17, 15) is 29.1 Å². The minimum absolute atomic E-state index is 0.00124. The summed E-state index contributed by atoms with van der Waals surface area (Å²) in [4.78, 5) is 59.1. The molecule has 0 aliphatic rings. The Labute approximate surface area is 175 Å². The minimum Gasteiger partial charge on any atom is -0.480 e. The summed E-state index contributed by atoms with van der Waals surface area (Å²) in [5.41, 5.74) is 10.6.